The molecule has 160 valence electrons. The highest BCUT2D eigenvalue weighted by Crippen LogP contribution is 2.26. The number of nitrogens with one attached hydrogen (secondary N) is 2. The van der Waals surface area contributed by atoms with Crippen molar-refractivity contribution >= 4 is 41.5 Å². The second-order valence-electron chi connectivity index (χ2n) is 5.76. The molecule has 0 saturated heterocycles. The van der Waals surface area contributed by atoms with E-state index in [2.05, 4.69) is 25.3 Å². The number of hydrogen-bond acceptors (Lipinski definition) is 4. The molecule has 0 radical (unpaired) electrons. The summed E-state index contributed by atoms with van der Waals surface area (Å²) >= 11 is 5.77. The van der Waals surface area contributed by atoms with E-state index in [-0.39, 0.29) is 36.3 Å². The lowest BCUT2D eigenvalue weighted by Crippen LogP contribution is -2.36. The van der Waals surface area contributed by atoms with Gasteiger partial charge >= 0.3 is 6.61 Å². The van der Waals surface area contributed by atoms with Crippen LogP contribution in [0.5, 0.6) is 11.5 Å². The lowest BCUT2D eigenvalue weighted by molar-refractivity contribution is -0.0505. The van der Waals surface area contributed by atoms with E-state index in [0.717, 1.165) is 12.0 Å². The van der Waals surface area contributed by atoms with E-state index < -0.39 is 6.61 Å². The second-order valence-corrected chi connectivity index (χ2v) is 6.15. The van der Waals surface area contributed by atoms with Crippen LogP contribution in [0, 0.1) is 0 Å². The smallest absolute Gasteiger partial charge is 0.387 e. The van der Waals surface area contributed by atoms with Gasteiger partial charge < -0.3 is 20.1 Å². The number of halogens is 4. The molecule has 0 aliphatic heterocycles. The summed E-state index contributed by atoms with van der Waals surface area (Å²) in [5.74, 6) is 1.05. The zero-order valence-electron chi connectivity index (χ0n) is 16.1. The average Bonchev–Trinajstić information content (AvgIpc) is 2.68. The van der Waals surface area contributed by atoms with Gasteiger partial charge in [-0.3, -0.25) is 4.99 Å². The van der Waals surface area contributed by atoms with Crippen LogP contribution in [0.25, 0.3) is 0 Å². The molecule has 1 aromatic heterocycles. The maximum absolute atomic E-state index is 12.8. The summed E-state index contributed by atoms with van der Waals surface area (Å²) in [7, 11) is 1.62. The van der Waals surface area contributed by atoms with E-state index in [1.165, 1.54) is 6.07 Å². The number of benzene rings is 1. The fourth-order valence-corrected chi connectivity index (χ4v) is 2.40. The Labute approximate surface area is 191 Å². The van der Waals surface area contributed by atoms with Gasteiger partial charge in [0, 0.05) is 38.0 Å². The Kier molecular flexibility index (Phi) is 11.6. The number of nitrogens with zero attached hydrogens (tertiary/aromatic N) is 2. The predicted octanol–water partition coefficient (Wildman–Crippen LogP) is 4.61. The van der Waals surface area contributed by atoms with Gasteiger partial charge in [0.05, 0.1) is 6.61 Å². The highest BCUT2D eigenvalue weighted by Gasteiger charge is 2.12. The van der Waals surface area contributed by atoms with Crippen LogP contribution in [-0.2, 0) is 13.1 Å². The summed E-state index contributed by atoms with van der Waals surface area (Å²) in [5.41, 5.74) is 1.48. The monoisotopic (exact) mass is 540 g/mol. The van der Waals surface area contributed by atoms with Crippen LogP contribution >= 0.6 is 35.6 Å². The predicted molar refractivity (Wildman–Crippen MR) is 121 cm³/mol. The minimum atomic E-state index is -2.92. The van der Waals surface area contributed by atoms with Gasteiger partial charge in [0.25, 0.3) is 0 Å². The van der Waals surface area contributed by atoms with Crippen molar-refractivity contribution in [3.05, 3.63) is 52.8 Å². The van der Waals surface area contributed by atoms with Crippen LogP contribution in [0.4, 0.5) is 8.78 Å². The fourth-order valence-electron chi connectivity index (χ4n) is 2.29. The standard InChI is InChI=1S/C19H23ClF2N4O2.HI/c1-3-8-27-15-6-5-14(16(9-15)28-18(21)22)12-26-19(23-2)25-11-13-4-7-17(20)24-10-13;/h4-7,9-10,18H,3,8,11-12H2,1-2H3,(H2,23,25,26);1H. The van der Waals surface area contributed by atoms with E-state index in [4.69, 9.17) is 16.3 Å². The van der Waals surface area contributed by atoms with Gasteiger partial charge in [-0.1, -0.05) is 24.6 Å². The van der Waals surface area contributed by atoms with Gasteiger partial charge in [-0.05, 0) is 30.2 Å². The zero-order valence-corrected chi connectivity index (χ0v) is 19.2. The van der Waals surface area contributed by atoms with Crippen molar-refractivity contribution in [3.8, 4) is 11.5 Å². The van der Waals surface area contributed by atoms with Crippen molar-refractivity contribution in [1.29, 1.82) is 0 Å². The summed E-state index contributed by atoms with van der Waals surface area (Å²) in [6, 6.07) is 8.42. The number of alkyl halides is 2. The number of aromatic nitrogens is 1. The van der Waals surface area contributed by atoms with Crippen LogP contribution < -0.4 is 20.1 Å². The SMILES string of the molecule is CCCOc1ccc(CNC(=NC)NCc2ccc(Cl)nc2)c(OC(F)F)c1.I. The molecule has 1 heterocycles. The third-order valence-electron chi connectivity index (χ3n) is 3.65. The molecule has 29 heavy (non-hydrogen) atoms. The molecule has 0 bridgehead atoms. The Morgan fingerprint density at radius 2 is 1.97 bits per heavy atom. The first-order chi connectivity index (χ1) is 13.5. The minimum Gasteiger partial charge on any atom is -0.493 e. The van der Waals surface area contributed by atoms with Gasteiger partial charge in [-0.25, -0.2) is 4.98 Å². The number of rotatable bonds is 9. The molecule has 0 aliphatic carbocycles. The van der Waals surface area contributed by atoms with E-state index in [9.17, 15) is 8.78 Å². The van der Waals surface area contributed by atoms with E-state index in [0.29, 0.717) is 35.6 Å². The lowest BCUT2D eigenvalue weighted by atomic mass is 10.2. The maximum Gasteiger partial charge on any atom is 0.387 e. The molecule has 0 aliphatic rings. The molecular weight excluding hydrogens is 517 g/mol. The van der Waals surface area contributed by atoms with E-state index in [1.807, 2.05) is 13.0 Å². The molecule has 0 amide bonds. The summed E-state index contributed by atoms with van der Waals surface area (Å²) in [6.07, 6.45) is 2.48. The Hall–Kier alpha value is -1.88. The Balaban J connectivity index is 0.00000420. The van der Waals surface area contributed by atoms with Gasteiger partial charge in [-0.15, -0.1) is 24.0 Å². The zero-order chi connectivity index (χ0) is 20.4. The first-order valence-electron chi connectivity index (χ1n) is 8.77. The summed E-state index contributed by atoms with van der Waals surface area (Å²) < 4.78 is 35.6. The van der Waals surface area contributed by atoms with Crippen molar-refractivity contribution in [2.75, 3.05) is 13.7 Å². The molecule has 2 aromatic rings. The van der Waals surface area contributed by atoms with Crippen molar-refractivity contribution in [3.63, 3.8) is 0 Å². The lowest BCUT2D eigenvalue weighted by Gasteiger charge is -2.16. The molecule has 2 N–H and O–H groups in total. The molecule has 0 unspecified atom stereocenters. The van der Waals surface area contributed by atoms with Crippen LogP contribution in [0.15, 0.2) is 41.5 Å². The Morgan fingerprint density at radius 1 is 1.21 bits per heavy atom. The summed E-state index contributed by atoms with van der Waals surface area (Å²) in [6.45, 7) is 0.271. The minimum absolute atomic E-state index is 0. The van der Waals surface area contributed by atoms with Gasteiger partial charge in [-0.2, -0.15) is 8.78 Å². The van der Waals surface area contributed by atoms with E-state index >= 15 is 0 Å². The largest absolute Gasteiger partial charge is 0.493 e. The molecule has 0 fully saturated rings. The maximum atomic E-state index is 12.8. The molecule has 10 heteroatoms. The fraction of sp³-hybridized carbons (Fsp3) is 0.368. The number of ether oxygens (including phenoxy) is 2. The van der Waals surface area contributed by atoms with Crippen LogP contribution in [0.3, 0.4) is 0 Å². The molecule has 0 atom stereocenters. The van der Waals surface area contributed by atoms with Crippen molar-refractivity contribution in [2.24, 2.45) is 4.99 Å². The van der Waals surface area contributed by atoms with Crippen molar-refractivity contribution in [2.45, 2.75) is 33.0 Å². The quantitative estimate of drug-likeness (QED) is 0.211. The van der Waals surface area contributed by atoms with Crippen molar-refractivity contribution in [1.82, 2.24) is 15.6 Å². The summed E-state index contributed by atoms with van der Waals surface area (Å²) in [5, 5.41) is 6.61. The highest BCUT2D eigenvalue weighted by atomic mass is 127. The van der Waals surface area contributed by atoms with Crippen molar-refractivity contribution < 1.29 is 18.3 Å². The molecule has 6 nitrogen and oxygen atoms in total. The van der Waals surface area contributed by atoms with Crippen LogP contribution in [-0.4, -0.2) is 31.2 Å². The van der Waals surface area contributed by atoms with Gasteiger partial charge in [0.2, 0.25) is 0 Å². The number of aliphatic imine (C=N–C) groups is 1. The first-order valence-corrected chi connectivity index (χ1v) is 9.15. The normalized spacial score (nSPS) is 11.0. The third kappa shape index (κ3) is 8.99. The van der Waals surface area contributed by atoms with Crippen LogP contribution in [0.1, 0.15) is 24.5 Å². The van der Waals surface area contributed by atoms with Crippen LogP contribution in [0.2, 0.25) is 5.15 Å². The molecule has 1 aromatic carbocycles. The first kappa shape index (κ1) is 25.2. The van der Waals surface area contributed by atoms with E-state index in [1.54, 1.807) is 31.4 Å². The Bertz CT molecular complexity index is 779. The highest BCUT2D eigenvalue weighted by molar-refractivity contribution is 14.0. The molecule has 2 rings (SSSR count). The summed E-state index contributed by atoms with van der Waals surface area (Å²) in [4.78, 5) is 8.13. The third-order valence-corrected chi connectivity index (χ3v) is 3.87. The number of guanidine groups is 1. The second kappa shape index (κ2) is 13.4. The average molecular weight is 541 g/mol. The molecule has 0 saturated carbocycles. The molecule has 0 spiro atoms. The van der Waals surface area contributed by atoms with Gasteiger partial charge in [0.15, 0.2) is 5.96 Å². The van der Waals surface area contributed by atoms with Gasteiger partial charge in [0.1, 0.15) is 16.7 Å². The Morgan fingerprint density at radius 3 is 2.59 bits per heavy atom. The topological polar surface area (TPSA) is 67.8 Å². The molecular formula is C19H24ClF2IN4O2. The number of pyridine rings is 1. The number of hydrogen-bond donors (Lipinski definition) is 2.